The molecule has 98 valence electrons. The van der Waals surface area contributed by atoms with Crippen molar-refractivity contribution in [2.24, 2.45) is 0 Å². The SMILES string of the molecule is CCN1CCCN2CCN(CCNCC1)C2=O. The zero-order valence-electron chi connectivity index (χ0n) is 10.8. The summed E-state index contributed by atoms with van der Waals surface area (Å²) in [4.78, 5) is 18.4. The maximum Gasteiger partial charge on any atom is 0.320 e. The van der Waals surface area contributed by atoms with Crippen LogP contribution in [0, 0.1) is 0 Å². The van der Waals surface area contributed by atoms with Crippen LogP contribution in [0.3, 0.4) is 0 Å². The molecule has 0 aromatic carbocycles. The molecule has 2 amide bonds. The topological polar surface area (TPSA) is 38.8 Å². The molecule has 2 bridgehead atoms. The van der Waals surface area contributed by atoms with Gasteiger partial charge in [-0.25, -0.2) is 4.79 Å². The van der Waals surface area contributed by atoms with Crippen molar-refractivity contribution in [3.8, 4) is 0 Å². The highest BCUT2D eigenvalue weighted by molar-refractivity contribution is 5.76. The molecule has 2 rings (SSSR count). The number of nitrogens with one attached hydrogen (secondary N) is 1. The van der Waals surface area contributed by atoms with E-state index in [2.05, 4.69) is 17.1 Å². The molecule has 0 saturated carbocycles. The van der Waals surface area contributed by atoms with E-state index in [-0.39, 0.29) is 6.03 Å². The van der Waals surface area contributed by atoms with Crippen molar-refractivity contribution in [3.05, 3.63) is 0 Å². The Balaban J connectivity index is 1.89. The minimum Gasteiger partial charge on any atom is -0.323 e. The van der Waals surface area contributed by atoms with Gasteiger partial charge in [-0.1, -0.05) is 6.92 Å². The minimum atomic E-state index is 0.232. The van der Waals surface area contributed by atoms with E-state index in [1.54, 1.807) is 0 Å². The average molecular weight is 240 g/mol. The van der Waals surface area contributed by atoms with Crippen molar-refractivity contribution in [2.75, 3.05) is 58.9 Å². The first-order valence-corrected chi connectivity index (χ1v) is 6.78. The highest BCUT2D eigenvalue weighted by Gasteiger charge is 2.27. The van der Waals surface area contributed by atoms with Crippen LogP contribution in [0.4, 0.5) is 4.79 Å². The van der Waals surface area contributed by atoms with Crippen molar-refractivity contribution in [2.45, 2.75) is 13.3 Å². The number of carbonyl (C=O) groups excluding carboxylic acids is 1. The lowest BCUT2D eigenvalue weighted by atomic mass is 10.3. The van der Waals surface area contributed by atoms with Crippen LogP contribution in [0.2, 0.25) is 0 Å². The van der Waals surface area contributed by atoms with Crippen LogP contribution in [0.1, 0.15) is 13.3 Å². The highest BCUT2D eigenvalue weighted by atomic mass is 16.2. The van der Waals surface area contributed by atoms with E-state index in [0.29, 0.717) is 0 Å². The number of carbonyl (C=O) groups is 1. The fourth-order valence-corrected chi connectivity index (χ4v) is 2.54. The molecule has 2 aliphatic heterocycles. The summed E-state index contributed by atoms with van der Waals surface area (Å²) in [6, 6.07) is 0.232. The van der Waals surface area contributed by atoms with Crippen LogP contribution in [0.25, 0.3) is 0 Å². The van der Waals surface area contributed by atoms with Gasteiger partial charge in [0.05, 0.1) is 0 Å². The van der Waals surface area contributed by atoms with Crippen LogP contribution in [0.5, 0.6) is 0 Å². The molecule has 5 nitrogen and oxygen atoms in total. The van der Waals surface area contributed by atoms with Gasteiger partial charge in [0.25, 0.3) is 0 Å². The van der Waals surface area contributed by atoms with Gasteiger partial charge in [-0.15, -0.1) is 0 Å². The molecule has 0 aliphatic carbocycles. The molecule has 17 heavy (non-hydrogen) atoms. The number of urea groups is 1. The molecule has 5 heteroatoms. The van der Waals surface area contributed by atoms with E-state index < -0.39 is 0 Å². The summed E-state index contributed by atoms with van der Waals surface area (Å²) in [7, 11) is 0. The molecule has 2 heterocycles. The monoisotopic (exact) mass is 240 g/mol. The van der Waals surface area contributed by atoms with Crippen molar-refractivity contribution in [1.82, 2.24) is 20.0 Å². The fourth-order valence-electron chi connectivity index (χ4n) is 2.54. The summed E-state index contributed by atoms with van der Waals surface area (Å²) in [5, 5.41) is 3.42. The normalized spacial score (nSPS) is 24.6. The van der Waals surface area contributed by atoms with Crippen LogP contribution >= 0.6 is 0 Å². The molecule has 0 radical (unpaired) electrons. The quantitative estimate of drug-likeness (QED) is 0.703. The van der Waals surface area contributed by atoms with Gasteiger partial charge in [0.1, 0.15) is 0 Å². The minimum absolute atomic E-state index is 0.232. The van der Waals surface area contributed by atoms with Crippen LogP contribution < -0.4 is 5.32 Å². The molecule has 0 aromatic heterocycles. The molecule has 2 fully saturated rings. The van der Waals surface area contributed by atoms with Gasteiger partial charge in [0, 0.05) is 45.8 Å². The van der Waals surface area contributed by atoms with E-state index in [9.17, 15) is 4.79 Å². The zero-order valence-corrected chi connectivity index (χ0v) is 10.8. The zero-order chi connectivity index (χ0) is 12.1. The molecular weight excluding hydrogens is 216 g/mol. The highest BCUT2D eigenvalue weighted by Crippen LogP contribution is 2.09. The van der Waals surface area contributed by atoms with Crippen molar-refractivity contribution >= 4 is 6.03 Å². The molecule has 0 atom stereocenters. The van der Waals surface area contributed by atoms with Gasteiger partial charge >= 0.3 is 6.03 Å². The number of rotatable bonds is 1. The maximum atomic E-state index is 12.0. The van der Waals surface area contributed by atoms with E-state index in [0.717, 1.165) is 65.3 Å². The third-order valence-electron chi connectivity index (χ3n) is 3.69. The third kappa shape index (κ3) is 3.33. The number of fused-ring (bicyclic) bond motifs is 2. The largest absolute Gasteiger partial charge is 0.323 e. The Morgan fingerprint density at radius 1 is 1.00 bits per heavy atom. The lowest BCUT2D eigenvalue weighted by Gasteiger charge is -2.24. The smallest absolute Gasteiger partial charge is 0.320 e. The van der Waals surface area contributed by atoms with Crippen molar-refractivity contribution in [1.29, 1.82) is 0 Å². The van der Waals surface area contributed by atoms with Gasteiger partial charge in [0.15, 0.2) is 0 Å². The van der Waals surface area contributed by atoms with Crippen LogP contribution in [0.15, 0.2) is 0 Å². The van der Waals surface area contributed by atoms with Gasteiger partial charge in [0.2, 0.25) is 0 Å². The summed E-state index contributed by atoms with van der Waals surface area (Å²) >= 11 is 0. The fraction of sp³-hybridized carbons (Fsp3) is 0.917. The Hall–Kier alpha value is -0.810. The summed E-state index contributed by atoms with van der Waals surface area (Å²) < 4.78 is 0. The Kier molecular flexibility index (Phi) is 4.62. The second kappa shape index (κ2) is 6.21. The lowest BCUT2D eigenvalue weighted by Crippen LogP contribution is -2.41. The van der Waals surface area contributed by atoms with Crippen molar-refractivity contribution < 1.29 is 4.79 Å². The Morgan fingerprint density at radius 3 is 2.47 bits per heavy atom. The standard InChI is InChI=1S/C12H24N4O/c1-2-14-6-3-7-15-10-11-16(12(15)17)9-5-13-4-8-14/h13H,2-11H2,1H3. The van der Waals surface area contributed by atoms with Crippen LogP contribution in [-0.2, 0) is 0 Å². The van der Waals surface area contributed by atoms with Crippen LogP contribution in [-0.4, -0.2) is 79.6 Å². The lowest BCUT2D eigenvalue weighted by molar-refractivity contribution is 0.186. The van der Waals surface area contributed by atoms with Gasteiger partial charge < -0.3 is 20.0 Å². The molecule has 1 N–H and O–H groups in total. The first kappa shape index (κ1) is 12.6. The number of likely N-dealkylation sites (N-methyl/N-ethyl adjacent to an activating group) is 1. The molecule has 2 saturated heterocycles. The van der Waals surface area contributed by atoms with E-state index in [4.69, 9.17) is 0 Å². The number of amides is 2. The summed E-state index contributed by atoms with van der Waals surface area (Å²) in [6.07, 6.45) is 1.09. The number of hydrogen-bond donors (Lipinski definition) is 1. The molecular formula is C12H24N4O. The van der Waals surface area contributed by atoms with E-state index >= 15 is 0 Å². The Labute approximate surface area is 104 Å². The Morgan fingerprint density at radius 2 is 1.71 bits per heavy atom. The summed E-state index contributed by atoms with van der Waals surface area (Å²) in [5.41, 5.74) is 0. The second-order valence-electron chi connectivity index (χ2n) is 4.79. The van der Waals surface area contributed by atoms with Gasteiger partial charge in [-0.05, 0) is 19.5 Å². The maximum absolute atomic E-state index is 12.0. The van der Waals surface area contributed by atoms with E-state index in [1.165, 1.54) is 0 Å². The third-order valence-corrected chi connectivity index (χ3v) is 3.69. The van der Waals surface area contributed by atoms with Gasteiger partial charge in [-0.2, -0.15) is 0 Å². The Bertz CT molecular complexity index is 259. The van der Waals surface area contributed by atoms with E-state index in [1.807, 2.05) is 9.80 Å². The number of hydrogen-bond acceptors (Lipinski definition) is 3. The molecule has 0 unspecified atom stereocenters. The number of nitrogens with zero attached hydrogens (tertiary/aromatic N) is 3. The van der Waals surface area contributed by atoms with Gasteiger partial charge in [-0.3, -0.25) is 0 Å². The predicted molar refractivity (Wildman–Crippen MR) is 68.1 cm³/mol. The molecule has 0 aromatic rings. The predicted octanol–water partition coefficient (Wildman–Crippen LogP) is 0.0392. The first-order valence-electron chi connectivity index (χ1n) is 6.78. The van der Waals surface area contributed by atoms with Crippen molar-refractivity contribution in [3.63, 3.8) is 0 Å². The average Bonchev–Trinajstić information content (AvgIpc) is 2.68. The molecule has 0 spiro atoms. The molecule has 2 aliphatic rings. The second-order valence-corrected chi connectivity index (χ2v) is 4.79. The summed E-state index contributed by atoms with van der Waals surface area (Å²) in [5.74, 6) is 0. The summed E-state index contributed by atoms with van der Waals surface area (Å²) in [6.45, 7) is 11.0. The first-order chi connectivity index (χ1) is 8.31.